The van der Waals surface area contributed by atoms with Gasteiger partial charge in [-0.2, -0.15) is 0 Å². The van der Waals surface area contributed by atoms with E-state index in [9.17, 15) is 4.79 Å². The van der Waals surface area contributed by atoms with Crippen LogP contribution in [0.15, 0.2) is 36.5 Å². The Morgan fingerprint density at radius 2 is 2.12 bits per heavy atom. The van der Waals surface area contributed by atoms with Gasteiger partial charge in [-0.3, -0.25) is 4.90 Å². The summed E-state index contributed by atoms with van der Waals surface area (Å²) in [5, 5.41) is 6.95. The van der Waals surface area contributed by atoms with Gasteiger partial charge in [0.1, 0.15) is 5.82 Å². The van der Waals surface area contributed by atoms with E-state index in [1.165, 1.54) is 11.8 Å². The van der Waals surface area contributed by atoms with Crippen molar-refractivity contribution in [2.75, 3.05) is 23.3 Å². The summed E-state index contributed by atoms with van der Waals surface area (Å²) in [6.07, 6.45) is 2.41. The minimum Gasteiger partial charge on any atom is -0.367 e. The number of anilines is 2. The molecule has 1 unspecified atom stereocenters. The molecule has 126 valence electrons. The zero-order chi connectivity index (χ0) is 17.1. The van der Waals surface area contributed by atoms with Gasteiger partial charge in [-0.1, -0.05) is 41.4 Å². The van der Waals surface area contributed by atoms with Gasteiger partial charge >= 0.3 is 6.03 Å². The first-order valence-electron chi connectivity index (χ1n) is 7.76. The van der Waals surface area contributed by atoms with Crippen LogP contribution < -0.4 is 15.5 Å². The largest absolute Gasteiger partial charge is 0.367 e. The predicted octanol–water partition coefficient (Wildman–Crippen LogP) is 3.96. The summed E-state index contributed by atoms with van der Waals surface area (Å²) in [6.45, 7) is 3.03. The zero-order valence-electron chi connectivity index (χ0n) is 13.2. The fraction of sp³-hybridized carbons (Fsp3) is 0.294. The van der Waals surface area contributed by atoms with E-state index < -0.39 is 0 Å². The van der Waals surface area contributed by atoms with Gasteiger partial charge in [0, 0.05) is 31.0 Å². The van der Waals surface area contributed by atoms with Crippen LogP contribution in [0.2, 0.25) is 10.0 Å². The zero-order valence-corrected chi connectivity index (χ0v) is 14.7. The van der Waals surface area contributed by atoms with Crippen LogP contribution in [0.5, 0.6) is 0 Å². The summed E-state index contributed by atoms with van der Waals surface area (Å²) in [5.74, 6) is 0.551. The fourth-order valence-corrected chi connectivity index (χ4v) is 3.30. The molecule has 2 aromatic rings. The molecule has 0 saturated heterocycles. The van der Waals surface area contributed by atoms with Crippen LogP contribution in [0, 0.1) is 0 Å². The molecule has 5 nitrogen and oxygen atoms in total. The third kappa shape index (κ3) is 3.57. The number of rotatable bonds is 4. The molecule has 1 aromatic heterocycles. The Kier molecular flexibility index (Phi) is 5.11. The molecule has 1 aliphatic heterocycles. The summed E-state index contributed by atoms with van der Waals surface area (Å²) in [6, 6.07) is 9.68. The Morgan fingerprint density at radius 3 is 2.92 bits per heavy atom. The molecule has 7 heteroatoms. The van der Waals surface area contributed by atoms with E-state index in [-0.39, 0.29) is 12.1 Å². The SMILES string of the molecule is CC1Cc2ccccc2N1C(=O)NCCNc1ncc(Cl)cc1Cl. The Bertz CT molecular complexity index is 753. The Balaban J connectivity index is 1.53. The van der Waals surface area contributed by atoms with E-state index >= 15 is 0 Å². The molecule has 1 aliphatic rings. The van der Waals surface area contributed by atoms with Gasteiger partial charge in [-0.25, -0.2) is 9.78 Å². The second-order valence-electron chi connectivity index (χ2n) is 5.69. The number of nitrogens with one attached hydrogen (secondary N) is 2. The normalized spacial score (nSPS) is 16.0. The number of halogens is 2. The van der Waals surface area contributed by atoms with Crippen LogP contribution in [0.25, 0.3) is 0 Å². The maximum atomic E-state index is 12.5. The Morgan fingerprint density at radius 1 is 1.33 bits per heavy atom. The molecule has 0 bridgehead atoms. The molecule has 2 amide bonds. The molecule has 0 saturated carbocycles. The average Bonchev–Trinajstić information content (AvgIpc) is 2.88. The lowest BCUT2D eigenvalue weighted by Gasteiger charge is -2.23. The third-order valence-electron chi connectivity index (χ3n) is 3.93. The second-order valence-corrected chi connectivity index (χ2v) is 6.54. The van der Waals surface area contributed by atoms with E-state index in [1.54, 1.807) is 6.07 Å². The van der Waals surface area contributed by atoms with Gasteiger partial charge in [0.15, 0.2) is 0 Å². The van der Waals surface area contributed by atoms with Crippen molar-refractivity contribution in [3.05, 3.63) is 52.1 Å². The number of hydrogen-bond acceptors (Lipinski definition) is 3. The number of pyridine rings is 1. The average molecular weight is 365 g/mol. The number of nitrogens with zero attached hydrogens (tertiary/aromatic N) is 2. The molecule has 2 N–H and O–H groups in total. The van der Waals surface area contributed by atoms with Crippen molar-refractivity contribution in [1.82, 2.24) is 10.3 Å². The smallest absolute Gasteiger partial charge is 0.322 e. The van der Waals surface area contributed by atoms with Crippen molar-refractivity contribution in [2.24, 2.45) is 0 Å². The van der Waals surface area contributed by atoms with E-state index in [0.29, 0.717) is 29.0 Å². The number of aromatic nitrogens is 1. The lowest BCUT2D eigenvalue weighted by atomic mass is 10.1. The Hall–Kier alpha value is -1.98. The number of hydrogen-bond donors (Lipinski definition) is 2. The van der Waals surface area contributed by atoms with Crippen LogP contribution in [0.3, 0.4) is 0 Å². The second kappa shape index (κ2) is 7.28. The summed E-state index contributed by atoms with van der Waals surface area (Å²) in [7, 11) is 0. The van der Waals surface area contributed by atoms with Crippen molar-refractivity contribution >= 4 is 40.7 Å². The number of urea groups is 1. The third-order valence-corrected chi connectivity index (χ3v) is 4.42. The molecule has 24 heavy (non-hydrogen) atoms. The fourth-order valence-electron chi connectivity index (χ4n) is 2.86. The van der Waals surface area contributed by atoms with Crippen molar-refractivity contribution in [1.29, 1.82) is 0 Å². The molecule has 2 heterocycles. The van der Waals surface area contributed by atoms with Crippen molar-refractivity contribution < 1.29 is 4.79 Å². The highest BCUT2D eigenvalue weighted by atomic mass is 35.5. The first kappa shape index (κ1) is 16.9. The van der Waals surface area contributed by atoms with Crippen LogP contribution in [-0.2, 0) is 6.42 Å². The highest BCUT2D eigenvalue weighted by Crippen LogP contribution is 2.31. The minimum atomic E-state index is -0.0931. The maximum Gasteiger partial charge on any atom is 0.322 e. The monoisotopic (exact) mass is 364 g/mol. The van der Waals surface area contributed by atoms with Gasteiger partial charge in [0.2, 0.25) is 0 Å². The summed E-state index contributed by atoms with van der Waals surface area (Å²) in [5.41, 5.74) is 2.19. The number of benzene rings is 1. The minimum absolute atomic E-state index is 0.0931. The van der Waals surface area contributed by atoms with Crippen molar-refractivity contribution in [3.63, 3.8) is 0 Å². The summed E-state index contributed by atoms with van der Waals surface area (Å²) in [4.78, 5) is 18.4. The topological polar surface area (TPSA) is 57.3 Å². The lowest BCUT2D eigenvalue weighted by molar-refractivity contribution is 0.245. The molecule has 0 spiro atoms. The van der Waals surface area contributed by atoms with Crippen LogP contribution in [-0.4, -0.2) is 30.1 Å². The first-order valence-corrected chi connectivity index (χ1v) is 8.51. The molecular formula is C17H18Cl2N4O. The molecular weight excluding hydrogens is 347 g/mol. The van der Waals surface area contributed by atoms with E-state index in [4.69, 9.17) is 23.2 Å². The number of carbonyl (C=O) groups excluding carboxylic acids is 1. The quantitative estimate of drug-likeness (QED) is 0.807. The van der Waals surface area contributed by atoms with Crippen LogP contribution in [0.4, 0.5) is 16.3 Å². The van der Waals surface area contributed by atoms with E-state index in [0.717, 1.165) is 12.1 Å². The number of para-hydroxylation sites is 1. The molecule has 0 fully saturated rings. The van der Waals surface area contributed by atoms with E-state index in [1.807, 2.05) is 23.1 Å². The lowest BCUT2D eigenvalue weighted by Crippen LogP contribution is -2.44. The maximum absolute atomic E-state index is 12.5. The molecule has 0 aliphatic carbocycles. The van der Waals surface area contributed by atoms with Crippen LogP contribution >= 0.6 is 23.2 Å². The number of carbonyl (C=O) groups is 1. The highest BCUT2D eigenvalue weighted by Gasteiger charge is 2.30. The van der Waals surface area contributed by atoms with Crippen LogP contribution in [0.1, 0.15) is 12.5 Å². The molecule has 0 radical (unpaired) electrons. The Labute approximate surface area is 151 Å². The van der Waals surface area contributed by atoms with Gasteiger partial charge in [-0.05, 0) is 31.0 Å². The number of fused-ring (bicyclic) bond motifs is 1. The van der Waals surface area contributed by atoms with Gasteiger partial charge < -0.3 is 10.6 Å². The predicted molar refractivity (Wildman–Crippen MR) is 98.2 cm³/mol. The number of amides is 2. The summed E-state index contributed by atoms with van der Waals surface area (Å²) >= 11 is 11.9. The van der Waals surface area contributed by atoms with Gasteiger partial charge in [0.05, 0.1) is 10.0 Å². The van der Waals surface area contributed by atoms with Gasteiger partial charge in [-0.15, -0.1) is 0 Å². The molecule has 3 rings (SSSR count). The highest BCUT2D eigenvalue weighted by molar-refractivity contribution is 6.35. The first-order chi connectivity index (χ1) is 11.6. The van der Waals surface area contributed by atoms with Gasteiger partial charge in [0.25, 0.3) is 0 Å². The van der Waals surface area contributed by atoms with E-state index in [2.05, 4.69) is 28.6 Å². The standard InChI is InChI=1S/C17H18Cl2N4O/c1-11-8-12-4-2-3-5-15(12)23(11)17(24)21-7-6-20-16-14(19)9-13(18)10-22-16/h2-5,9-11H,6-8H2,1H3,(H,20,22)(H,21,24). The molecule has 1 aromatic carbocycles. The van der Waals surface area contributed by atoms with Crippen molar-refractivity contribution in [2.45, 2.75) is 19.4 Å². The summed E-state index contributed by atoms with van der Waals surface area (Å²) < 4.78 is 0. The van der Waals surface area contributed by atoms with Crippen molar-refractivity contribution in [3.8, 4) is 0 Å². The molecule has 1 atom stereocenters.